The van der Waals surface area contributed by atoms with Gasteiger partial charge in [0.05, 0.1) is 16.8 Å². The van der Waals surface area contributed by atoms with Crippen molar-refractivity contribution in [3.8, 4) is 5.75 Å². The first-order valence-electron chi connectivity index (χ1n) is 6.91. The number of para-hydroxylation sites is 1. The van der Waals surface area contributed by atoms with E-state index >= 15 is 0 Å². The fraction of sp³-hybridized carbons (Fsp3) is 0.188. The van der Waals surface area contributed by atoms with Crippen LogP contribution in [0.5, 0.6) is 5.75 Å². The normalized spacial score (nSPS) is 14.6. The molecule has 1 aromatic heterocycles. The smallest absolute Gasteiger partial charge is 0.186 e. The standard InChI is InChI=1S/C16H15N3OS/c17-12-5-6-13-15(9-12)21-16(18-13)19-7-8-20-14-4-2-1-3-11(14)10-19/h1-6,9H,7-8,10,17H2. The van der Waals surface area contributed by atoms with E-state index in [1.165, 1.54) is 5.56 Å². The number of nitrogens with zero attached hydrogens (tertiary/aromatic N) is 2. The number of hydrogen-bond acceptors (Lipinski definition) is 5. The third kappa shape index (κ3) is 2.29. The van der Waals surface area contributed by atoms with Crippen LogP contribution in [0.25, 0.3) is 10.2 Å². The molecule has 1 aliphatic rings. The van der Waals surface area contributed by atoms with E-state index in [1.807, 2.05) is 36.4 Å². The van der Waals surface area contributed by atoms with Crippen molar-refractivity contribution >= 4 is 32.4 Å². The lowest BCUT2D eigenvalue weighted by molar-refractivity contribution is 0.331. The summed E-state index contributed by atoms with van der Waals surface area (Å²) in [7, 11) is 0. The molecule has 4 nitrogen and oxygen atoms in total. The summed E-state index contributed by atoms with van der Waals surface area (Å²) in [5, 5.41) is 1.02. The van der Waals surface area contributed by atoms with Crippen LogP contribution in [-0.2, 0) is 6.54 Å². The van der Waals surface area contributed by atoms with Gasteiger partial charge in [0, 0.05) is 17.8 Å². The SMILES string of the molecule is Nc1ccc2nc(N3CCOc4ccccc4C3)sc2c1. The van der Waals surface area contributed by atoms with Gasteiger partial charge in [-0.25, -0.2) is 4.98 Å². The Morgan fingerprint density at radius 3 is 3.05 bits per heavy atom. The van der Waals surface area contributed by atoms with E-state index in [9.17, 15) is 0 Å². The van der Waals surface area contributed by atoms with Gasteiger partial charge in [0.1, 0.15) is 12.4 Å². The molecule has 0 amide bonds. The van der Waals surface area contributed by atoms with E-state index < -0.39 is 0 Å². The fourth-order valence-electron chi connectivity index (χ4n) is 2.55. The maximum Gasteiger partial charge on any atom is 0.186 e. The Morgan fingerprint density at radius 2 is 2.10 bits per heavy atom. The molecule has 0 atom stereocenters. The molecule has 2 heterocycles. The van der Waals surface area contributed by atoms with Gasteiger partial charge in [-0.2, -0.15) is 0 Å². The molecule has 0 radical (unpaired) electrons. The van der Waals surface area contributed by atoms with Gasteiger partial charge < -0.3 is 15.4 Å². The summed E-state index contributed by atoms with van der Waals surface area (Å²) in [4.78, 5) is 7.00. The predicted molar refractivity (Wildman–Crippen MR) is 87.0 cm³/mol. The Bertz CT molecular complexity index is 799. The van der Waals surface area contributed by atoms with E-state index in [1.54, 1.807) is 11.3 Å². The van der Waals surface area contributed by atoms with Crippen LogP contribution in [0.15, 0.2) is 42.5 Å². The molecule has 1 aliphatic heterocycles. The number of nitrogen functional groups attached to an aromatic ring is 1. The number of benzene rings is 2. The first-order valence-corrected chi connectivity index (χ1v) is 7.73. The van der Waals surface area contributed by atoms with Crippen molar-refractivity contribution in [3.05, 3.63) is 48.0 Å². The van der Waals surface area contributed by atoms with Crippen LogP contribution in [0.1, 0.15) is 5.56 Å². The van der Waals surface area contributed by atoms with E-state index in [0.717, 1.165) is 39.9 Å². The average Bonchev–Trinajstić information content (AvgIpc) is 2.78. The van der Waals surface area contributed by atoms with Crippen molar-refractivity contribution in [2.24, 2.45) is 0 Å². The average molecular weight is 297 g/mol. The van der Waals surface area contributed by atoms with Gasteiger partial charge in [-0.15, -0.1) is 0 Å². The third-order valence-electron chi connectivity index (χ3n) is 3.62. The largest absolute Gasteiger partial charge is 0.491 e. The van der Waals surface area contributed by atoms with Crippen molar-refractivity contribution in [3.63, 3.8) is 0 Å². The minimum absolute atomic E-state index is 0.676. The fourth-order valence-corrected chi connectivity index (χ4v) is 3.59. The highest BCUT2D eigenvalue weighted by Crippen LogP contribution is 2.32. The van der Waals surface area contributed by atoms with Crippen LogP contribution in [0, 0.1) is 0 Å². The van der Waals surface area contributed by atoms with E-state index in [0.29, 0.717) is 6.61 Å². The molecular formula is C16H15N3OS. The molecular weight excluding hydrogens is 282 g/mol. The maximum atomic E-state index is 5.85. The van der Waals surface area contributed by atoms with Crippen LogP contribution in [0.4, 0.5) is 10.8 Å². The van der Waals surface area contributed by atoms with Gasteiger partial charge >= 0.3 is 0 Å². The van der Waals surface area contributed by atoms with Crippen molar-refractivity contribution in [1.82, 2.24) is 4.98 Å². The van der Waals surface area contributed by atoms with Crippen LogP contribution in [-0.4, -0.2) is 18.1 Å². The number of nitrogens with two attached hydrogens (primary N) is 1. The lowest BCUT2D eigenvalue weighted by Gasteiger charge is -2.18. The third-order valence-corrected chi connectivity index (χ3v) is 4.70. The van der Waals surface area contributed by atoms with Crippen LogP contribution in [0.3, 0.4) is 0 Å². The highest BCUT2D eigenvalue weighted by Gasteiger charge is 2.18. The molecule has 0 saturated heterocycles. The molecule has 4 rings (SSSR count). The lowest BCUT2D eigenvalue weighted by atomic mass is 10.2. The number of rotatable bonds is 1. The second-order valence-electron chi connectivity index (χ2n) is 5.10. The Morgan fingerprint density at radius 1 is 1.19 bits per heavy atom. The highest BCUT2D eigenvalue weighted by atomic mass is 32.1. The zero-order chi connectivity index (χ0) is 14.2. The van der Waals surface area contributed by atoms with Gasteiger partial charge in [0.25, 0.3) is 0 Å². The van der Waals surface area contributed by atoms with Crippen molar-refractivity contribution in [1.29, 1.82) is 0 Å². The Hall–Kier alpha value is -2.27. The summed E-state index contributed by atoms with van der Waals surface area (Å²) in [5.41, 5.74) is 8.83. The van der Waals surface area contributed by atoms with E-state index in [4.69, 9.17) is 15.5 Å². The van der Waals surface area contributed by atoms with Crippen molar-refractivity contribution < 1.29 is 4.74 Å². The minimum atomic E-state index is 0.676. The second-order valence-corrected chi connectivity index (χ2v) is 6.11. The van der Waals surface area contributed by atoms with Gasteiger partial charge in [0.2, 0.25) is 0 Å². The summed E-state index contributed by atoms with van der Waals surface area (Å²) < 4.78 is 6.94. The topological polar surface area (TPSA) is 51.4 Å². The number of ether oxygens (including phenoxy) is 1. The lowest BCUT2D eigenvalue weighted by Crippen LogP contribution is -2.24. The van der Waals surface area contributed by atoms with Gasteiger partial charge in [-0.1, -0.05) is 29.5 Å². The summed E-state index contributed by atoms with van der Waals surface area (Å²) in [6, 6.07) is 14.1. The van der Waals surface area contributed by atoms with Crippen LogP contribution < -0.4 is 15.4 Å². The zero-order valence-corrected chi connectivity index (χ0v) is 12.3. The number of anilines is 2. The van der Waals surface area contributed by atoms with Crippen molar-refractivity contribution in [2.75, 3.05) is 23.8 Å². The Kier molecular flexibility index (Phi) is 2.93. The quantitative estimate of drug-likeness (QED) is 0.700. The molecule has 0 saturated carbocycles. The number of thiazole rings is 1. The number of aromatic nitrogens is 1. The van der Waals surface area contributed by atoms with Crippen molar-refractivity contribution in [2.45, 2.75) is 6.54 Å². The zero-order valence-electron chi connectivity index (χ0n) is 11.5. The molecule has 0 fully saturated rings. The highest BCUT2D eigenvalue weighted by molar-refractivity contribution is 7.22. The first kappa shape index (κ1) is 12.5. The monoisotopic (exact) mass is 297 g/mol. The Balaban J connectivity index is 1.71. The summed E-state index contributed by atoms with van der Waals surface area (Å²) in [6.07, 6.45) is 0. The molecule has 106 valence electrons. The molecule has 0 spiro atoms. The summed E-state index contributed by atoms with van der Waals surface area (Å²) in [6.45, 7) is 2.34. The number of hydrogen-bond donors (Lipinski definition) is 1. The van der Waals surface area contributed by atoms with Gasteiger partial charge in [-0.3, -0.25) is 0 Å². The van der Waals surface area contributed by atoms with E-state index in [2.05, 4.69) is 11.0 Å². The first-order chi connectivity index (χ1) is 10.3. The van der Waals surface area contributed by atoms with Crippen LogP contribution in [0.2, 0.25) is 0 Å². The molecule has 0 unspecified atom stereocenters. The summed E-state index contributed by atoms with van der Waals surface area (Å²) >= 11 is 1.68. The van der Waals surface area contributed by atoms with Crippen LogP contribution >= 0.6 is 11.3 Å². The van der Waals surface area contributed by atoms with E-state index in [-0.39, 0.29) is 0 Å². The molecule has 0 aliphatic carbocycles. The minimum Gasteiger partial charge on any atom is -0.491 e. The predicted octanol–water partition coefficient (Wildman–Crippen LogP) is 3.28. The molecule has 5 heteroatoms. The molecule has 0 bridgehead atoms. The molecule has 21 heavy (non-hydrogen) atoms. The van der Waals surface area contributed by atoms with Gasteiger partial charge in [-0.05, 0) is 24.3 Å². The maximum absolute atomic E-state index is 5.85. The number of fused-ring (bicyclic) bond motifs is 2. The molecule has 2 aromatic carbocycles. The Labute approximate surface area is 126 Å². The molecule has 2 N–H and O–H groups in total. The summed E-state index contributed by atoms with van der Waals surface area (Å²) in [5.74, 6) is 0.977. The van der Waals surface area contributed by atoms with Gasteiger partial charge in [0.15, 0.2) is 5.13 Å². The second kappa shape index (κ2) is 4.93. The molecule has 3 aromatic rings.